The Hall–Kier alpha value is -2.84. The van der Waals surface area contributed by atoms with Gasteiger partial charge in [-0.2, -0.15) is 0 Å². The third kappa shape index (κ3) is 4.94. The summed E-state index contributed by atoms with van der Waals surface area (Å²) in [6.45, 7) is 28.1. The number of aryl methyl sites for hydroxylation is 2. The predicted octanol–water partition coefficient (Wildman–Crippen LogP) is 8.43. The molecule has 0 heterocycles. The second-order valence-corrected chi connectivity index (χ2v) is 18.7. The smallest absolute Gasteiger partial charge is 0.162 e. The van der Waals surface area contributed by atoms with Crippen LogP contribution in [0.5, 0.6) is 5.75 Å². The number of hydrogen-bond acceptors (Lipinski definition) is 1. The van der Waals surface area contributed by atoms with Crippen molar-refractivity contribution in [3.63, 3.8) is 0 Å². The molecule has 0 aliphatic heterocycles. The summed E-state index contributed by atoms with van der Waals surface area (Å²) >= 11 is 0. The molecule has 2 unspecified atom stereocenters. The Balaban J connectivity index is 2.34. The molecule has 4 rings (SSSR count). The van der Waals surface area contributed by atoms with Crippen molar-refractivity contribution in [3.05, 3.63) is 106 Å². The molecule has 0 amide bonds. The summed E-state index contributed by atoms with van der Waals surface area (Å²) in [6.07, 6.45) is 2.60. The maximum absolute atomic E-state index is 5.88. The van der Waals surface area contributed by atoms with Crippen molar-refractivity contribution in [2.45, 2.75) is 99.0 Å². The second-order valence-electron chi connectivity index (χ2n) is 14.4. The highest BCUT2D eigenvalue weighted by atomic mass is 28.3. The number of allylic oxidation sites excluding steroid dienone is 4. The van der Waals surface area contributed by atoms with E-state index >= 15 is 0 Å². The van der Waals surface area contributed by atoms with E-state index in [1.54, 1.807) is 7.11 Å². The Morgan fingerprint density at radius 1 is 0.650 bits per heavy atom. The third-order valence-corrected chi connectivity index (χ3v) is 15.0. The van der Waals surface area contributed by atoms with Crippen LogP contribution in [0.15, 0.2) is 83.5 Å². The predicted molar refractivity (Wildman–Crippen MR) is 178 cm³/mol. The molecule has 0 saturated heterocycles. The minimum absolute atomic E-state index is 0.0240. The van der Waals surface area contributed by atoms with Crippen LogP contribution in [0.4, 0.5) is 0 Å². The Bertz CT molecular complexity index is 1450. The third-order valence-electron chi connectivity index (χ3n) is 9.47. The first-order valence-corrected chi connectivity index (χ1v) is 16.7. The van der Waals surface area contributed by atoms with Gasteiger partial charge in [0, 0.05) is 5.04 Å². The summed E-state index contributed by atoms with van der Waals surface area (Å²) in [5.74, 6) is 0.919. The van der Waals surface area contributed by atoms with E-state index in [1.165, 1.54) is 54.5 Å². The van der Waals surface area contributed by atoms with Gasteiger partial charge >= 0.3 is 0 Å². The van der Waals surface area contributed by atoms with Crippen LogP contribution < -0.4 is 20.3 Å². The molecular weight excluding hydrogens is 501 g/mol. The molecule has 0 bridgehead atoms. The van der Waals surface area contributed by atoms with Crippen molar-refractivity contribution in [1.29, 1.82) is 0 Å². The molecule has 2 heteroatoms. The maximum atomic E-state index is 5.88. The van der Waals surface area contributed by atoms with Crippen molar-refractivity contribution in [2.24, 2.45) is 0 Å². The zero-order valence-electron chi connectivity index (χ0n) is 27.3. The number of ether oxygens (including phenoxy) is 1. The van der Waals surface area contributed by atoms with Crippen molar-refractivity contribution < 1.29 is 4.74 Å². The molecule has 0 N–H and O–H groups in total. The molecule has 3 aromatic rings. The van der Waals surface area contributed by atoms with Gasteiger partial charge in [-0.05, 0) is 89.8 Å². The Morgan fingerprint density at radius 2 is 1.18 bits per heavy atom. The zero-order chi connectivity index (χ0) is 29.8. The van der Waals surface area contributed by atoms with Gasteiger partial charge in [-0.25, -0.2) is 0 Å². The van der Waals surface area contributed by atoms with E-state index in [9.17, 15) is 0 Å². The maximum Gasteiger partial charge on any atom is 0.162 e. The zero-order valence-corrected chi connectivity index (χ0v) is 28.3. The average Bonchev–Trinajstić information content (AvgIpc) is 3.05. The summed E-state index contributed by atoms with van der Waals surface area (Å²) in [5, 5.41) is 4.16. The molecule has 1 aliphatic rings. The quantitative estimate of drug-likeness (QED) is 0.229. The number of benzene rings is 3. The van der Waals surface area contributed by atoms with Crippen LogP contribution in [0.3, 0.4) is 0 Å². The van der Waals surface area contributed by atoms with E-state index in [0.29, 0.717) is 0 Å². The number of methoxy groups -OCH3 is 1. The van der Waals surface area contributed by atoms with Crippen LogP contribution in [-0.2, 0) is 10.8 Å². The van der Waals surface area contributed by atoms with Gasteiger partial charge in [-0.3, -0.25) is 0 Å². The first-order valence-electron chi connectivity index (χ1n) is 14.7. The van der Waals surface area contributed by atoms with Crippen LogP contribution in [-0.4, -0.2) is 15.2 Å². The normalized spacial score (nSPS) is 19.5. The summed E-state index contributed by atoms with van der Waals surface area (Å²) in [6, 6.07) is 23.8. The molecule has 1 aliphatic carbocycles. The van der Waals surface area contributed by atoms with Crippen LogP contribution >= 0.6 is 0 Å². The summed E-state index contributed by atoms with van der Waals surface area (Å²) < 4.78 is 5.88. The Morgan fingerprint density at radius 3 is 1.62 bits per heavy atom. The van der Waals surface area contributed by atoms with Crippen LogP contribution in [0, 0.1) is 13.8 Å². The summed E-state index contributed by atoms with van der Waals surface area (Å²) in [4.78, 5) is 0. The Kier molecular flexibility index (Phi) is 7.69. The van der Waals surface area contributed by atoms with E-state index in [-0.39, 0.29) is 15.9 Å². The van der Waals surface area contributed by atoms with Gasteiger partial charge < -0.3 is 4.74 Å². The number of hydrogen-bond donors (Lipinski definition) is 0. The van der Waals surface area contributed by atoms with E-state index < -0.39 is 8.07 Å². The van der Waals surface area contributed by atoms with Gasteiger partial charge in [0.2, 0.25) is 0 Å². The van der Waals surface area contributed by atoms with Crippen molar-refractivity contribution >= 4 is 23.6 Å². The number of rotatable bonds is 5. The molecule has 0 radical (unpaired) electrons. The van der Waals surface area contributed by atoms with Crippen LogP contribution in [0.1, 0.15) is 91.5 Å². The lowest BCUT2D eigenvalue weighted by Crippen LogP contribution is -2.73. The molecule has 0 aromatic heterocycles. The minimum Gasteiger partial charge on any atom is -0.497 e. The van der Waals surface area contributed by atoms with E-state index in [2.05, 4.69) is 150 Å². The lowest BCUT2D eigenvalue weighted by Gasteiger charge is -2.48. The van der Waals surface area contributed by atoms with Gasteiger partial charge in [-0.15, -0.1) is 0 Å². The van der Waals surface area contributed by atoms with Gasteiger partial charge in [0.05, 0.1) is 7.11 Å². The van der Waals surface area contributed by atoms with Gasteiger partial charge in [0.25, 0.3) is 0 Å². The highest BCUT2D eigenvalue weighted by Crippen LogP contribution is 2.53. The second kappa shape index (κ2) is 10.2. The first-order chi connectivity index (χ1) is 18.4. The molecule has 0 spiro atoms. The molecule has 0 saturated carbocycles. The molecule has 1 nitrogen and oxygen atoms in total. The van der Waals surface area contributed by atoms with Gasteiger partial charge in [0.1, 0.15) is 5.75 Å². The van der Waals surface area contributed by atoms with E-state index in [4.69, 9.17) is 4.74 Å². The van der Waals surface area contributed by atoms with Gasteiger partial charge in [0.15, 0.2) is 8.07 Å². The van der Waals surface area contributed by atoms with E-state index in [0.717, 1.165) is 5.75 Å². The molecular formula is C38H50OSi. The van der Waals surface area contributed by atoms with Gasteiger partial charge in [-0.1, -0.05) is 125 Å². The lowest BCUT2D eigenvalue weighted by atomic mass is 9.81. The first kappa shape index (κ1) is 30.1. The van der Waals surface area contributed by atoms with Crippen LogP contribution in [0.2, 0.25) is 5.04 Å². The fraction of sp³-hybridized carbons (Fsp3) is 0.421. The Labute approximate surface area is 245 Å². The van der Waals surface area contributed by atoms with E-state index in [1.807, 2.05) is 0 Å². The van der Waals surface area contributed by atoms with Crippen molar-refractivity contribution in [1.82, 2.24) is 0 Å². The largest absolute Gasteiger partial charge is 0.497 e. The highest BCUT2D eigenvalue weighted by molar-refractivity contribution is 7.14. The topological polar surface area (TPSA) is 9.23 Å². The standard InChI is InChI=1S/C38H50OSi/c1-25-17-26(2)19-34(18-25)40(33-16-14-15-32(23-33)39-13,38(12)24-27(3)28(4)29(38)5)35-21-30(36(6,7)8)20-31(22-35)37(9,10)11/h14-24H,1-13H3. The minimum atomic E-state index is -2.81. The highest BCUT2D eigenvalue weighted by Gasteiger charge is 2.56. The van der Waals surface area contributed by atoms with Crippen molar-refractivity contribution in [2.75, 3.05) is 7.11 Å². The molecule has 2 atom stereocenters. The molecule has 40 heavy (non-hydrogen) atoms. The SMILES string of the molecule is COc1cccc([Si](c2cc(C)cc(C)c2)(c2cc(C(C)(C)C)cc(C(C)(C)C)c2)C2(C)C=C(C)C(C)=C2C)c1. The molecule has 212 valence electrons. The molecule has 3 aromatic carbocycles. The monoisotopic (exact) mass is 550 g/mol. The molecule has 0 fully saturated rings. The summed E-state index contributed by atoms with van der Waals surface area (Å²) in [5.41, 5.74) is 9.79. The van der Waals surface area contributed by atoms with Crippen LogP contribution in [0.25, 0.3) is 0 Å². The fourth-order valence-corrected chi connectivity index (χ4v) is 13.2. The lowest BCUT2D eigenvalue weighted by molar-refractivity contribution is 0.415. The van der Waals surface area contributed by atoms with Crippen molar-refractivity contribution in [3.8, 4) is 5.75 Å². The average molecular weight is 551 g/mol. The summed E-state index contributed by atoms with van der Waals surface area (Å²) in [7, 11) is -1.02. The fourth-order valence-electron chi connectivity index (χ4n) is 6.88.